The molecule has 0 spiro atoms. The quantitative estimate of drug-likeness (QED) is 0.677. The molecule has 4 rings (SSSR count). The van der Waals surface area contributed by atoms with Gasteiger partial charge in [0.15, 0.2) is 0 Å². The first-order valence-electron chi connectivity index (χ1n) is 9.15. The Balaban J connectivity index is 1.47. The van der Waals surface area contributed by atoms with Gasteiger partial charge in [-0.1, -0.05) is 6.07 Å². The molecular formula is C20H21N5O3. The molecule has 28 heavy (non-hydrogen) atoms. The lowest BCUT2D eigenvalue weighted by Crippen LogP contribution is -2.44. The molecule has 8 nitrogen and oxygen atoms in total. The largest absolute Gasteiger partial charge is 0.477 e. The number of carbonyl (C=O) groups excluding carboxylic acids is 1. The van der Waals surface area contributed by atoms with Gasteiger partial charge in [0.1, 0.15) is 6.10 Å². The molecule has 1 fully saturated rings. The average Bonchev–Trinajstić information content (AvgIpc) is 3.29. The maximum absolute atomic E-state index is 13.0. The van der Waals surface area contributed by atoms with Crippen LogP contribution in [0.2, 0.25) is 0 Å². The lowest BCUT2D eigenvalue weighted by molar-refractivity contribution is 0.0519. The van der Waals surface area contributed by atoms with E-state index in [1.807, 2.05) is 41.4 Å². The minimum absolute atomic E-state index is 0.0200. The van der Waals surface area contributed by atoms with Gasteiger partial charge in [-0.15, -0.1) is 0 Å². The molecule has 0 N–H and O–H groups in total. The number of amides is 1. The van der Waals surface area contributed by atoms with E-state index in [-0.39, 0.29) is 12.0 Å². The summed E-state index contributed by atoms with van der Waals surface area (Å²) in [6.07, 6.45) is 8.22. The molecule has 1 atom stereocenters. The van der Waals surface area contributed by atoms with Crippen LogP contribution in [-0.4, -0.2) is 56.9 Å². The highest BCUT2D eigenvalue weighted by atomic mass is 16.5. The Kier molecular flexibility index (Phi) is 5.18. The van der Waals surface area contributed by atoms with Gasteiger partial charge in [0.25, 0.3) is 17.7 Å². The third kappa shape index (κ3) is 3.80. The predicted octanol–water partition coefficient (Wildman–Crippen LogP) is 2.35. The number of hydrogen-bond donors (Lipinski definition) is 0. The van der Waals surface area contributed by atoms with Crippen molar-refractivity contribution in [3.63, 3.8) is 0 Å². The highest BCUT2D eigenvalue weighted by Crippen LogP contribution is 2.24. The molecule has 0 radical (unpaired) electrons. The van der Waals surface area contributed by atoms with Crippen molar-refractivity contribution in [1.29, 1.82) is 0 Å². The van der Waals surface area contributed by atoms with E-state index in [0.29, 0.717) is 30.4 Å². The maximum atomic E-state index is 13.0. The summed E-state index contributed by atoms with van der Waals surface area (Å²) in [6.45, 7) is 1.19. The van der Waals surface area contributed by atoms with Crippen LogP contribution in [0.4, 0.5) is 0 Å². The summed E-state index contributed by atoms with van der Waals surface area (Å²) in [6, 6.07) is 9.32. The number of benzene rings is 1. The summed E-state index contributed by atoms with van der Waals surface area (Å²) in [5, 5.41) is 4.22. The van der Waals surface area contributed by atoms with Crippen LogP contribution >= 0.6 is 0 Å². The van der Waals surface area contributed by atoms with Crippen LogP contribution in [0.5, 0.6) is 11.8 Å². The van der Waals surface area contributed by atoms with E-state index in [1.165, 1.54) is 7.11 Å². The van der Waals surface area contributed by atoms with Gasteiger partial charge in [0.05, 0.1) is 19.3 Å². The van der Waals surface area contributed by atoms with Crippen molar-refractivity contribution in [3.05, 3.63) is 60.7 Å². The van der Waals surface area contributed by atoms with Gasteiger partial charge in [0, 0.05) is 36.9 Å². The topological polar surface area (TPSA) is 82.4 Å². The summed E-state index contributed by atoms with van der Waals surface area (Å²) in [5.41, 5.74) is 1.48. The highest BCUT2D eigenvalue weighted by molar-refractivity contribution is 5.94. The maximum Gasteiger partial charge on any atom is 0.278 e. The Morgan fingerprint density at radius 3 is 2.79 bits per heavy atom. The molecule has 144 valence electrons. The van der Waals surface area contributed by atoms with Crippen molar-refractivity contribution in [2.24, 2.45) is 0 Å². The number of rotatable bonds is 5. The smallest absolute Gasteiger partial charge is 0.278 e. The van der Waals surface area contributed by atoms with Crippen LogP contribution in [0.25, 0.3) is 5.69 Å². The van der Waals surface area contributed by atoms with Gasteiger partial charge in [-0.25, -0.2) is 14.6 Å². The zero-order valence-corrected chi connectivity index (χ0v) is 15.6. The molecule has 0 bridgehead atoms. The van der Waals surface area contributed by atoms with Crippen LogP contribution in [0.1, 0.15) is 23.2 Å². The second-order valence-electron chi connectivity index (χ2n) is 6.50. The van der Waals surface area contributed by atoms with Crippen LogP contribution in [0, 0.1) is 0 Å². The van der Waals surface area contributed by atoms with Gasteiger partial charge in [-0.2, -0.15) is 5.10 Å². The molecule has 3 aromatic rings. The SMILES string of the molecule is COc1nccnc1OC1CCCN(C(=O)c2cccc(-n3cccn3)c2)C1. The van der Waals surface area contributed by atoms with Crippen molar-refractivity contribution < 1.29 is 14.3 Å². The molecule has 1 aliphatic heterocycles. The summed E-state index contributed by atoms with van der Waals surface area (Å²) in [4.78, 5) is 23.1. The molecule has 2 aromatic heterocycles. The number of likely N-dealkylation sites (tertiary alicyclic amines) is 1. The monoisotopic (exact) mass is 379 g/mol. The van der Waals surface area contributed by atoms with E-state index in [9.17, 15) is 4.79 Å². The van der Waals surface area contributed by atoms with Crippen molar-refractivity contribution in [1.82, 2.24) is 24.6 Å². The lowest BCUT2D eigenvalue weighted by Gasteiger charge is -2.32. The third-order valence-corrected chi connectivity index (χ3v) is 4.63. The molecule has 3 heterocycles. The molecule has 8 heteroatoms. The Morgan fingerprint density at radius 2 is 2.00 bits per heavy atom. The number of methoxy groups -OCH3 is 1. The second-order valence-corrected chi connectivity index (χ2v) is 6.50. The first-order chi connectivity index (χ1) is 13.7. The Morgan fingerprint density at radius 1 is 1.14 bits per heavy atom. The minimum Gasteiger partial charge on any atom is -0.477 e. The number of carbonyl (C=O) groups is 1. The summed E-state index contributed by atoms with van der Waals surface area (Å²) in [5.74, 6) is 0.677. The molecule has 1 aliphatic rings. The molecule has 0 saturated carbocycles. The first-order valence-corrected chi connectivity index (χ1v) is 9.15. The number of aromatic nitrogens is 4. The van der Waals surface area contributed by atoms with Crippen LogP contribution < -0.4 is 9.47 Å². The standard InChI is InChI=1S/C20H21N5O3/c1-27-18-19(22-10-9-21-18)28-17-7-3-11-24(14-17)20(26)15-5-2-6-16(13-15)25-12-4-8-23-25/h2,4-6,8-10,12-13,17H,3,7,11,14H2,1H3. The van der Waals surface area contributed by atoms with Crippen molar-refractivity contribution in [2.75, 3.05) is 20.2 Å². The van der Waals surface area contributed by atoms with Gasteiger partial charge in [0.2, 0.25) is 0 Å². The van der Waals surface area contributed by atoms with Gasteiger partial charge >= 0.3 is 0 Å². The normalized spacial score (nSPS) is 16.6. The molecule has 0 aliphatic carbocycles. The lowest BCUT2D eigenvalue weighted by atomic mass is 10.1. The zero-order chi connectivity index (χ0) is 19.3. The first kappa shape index (κ1) is 18.0. The fourth-order valence-electron chi connectivity index (χ4n) is 3.30. The zero-order valence-electron chi connectivity index (χ0n) is 15.6. The van der Waals surface area contributed by atoms with Gasteiger partial charge in [-0.3, -0.25) is 4.79 Å². The number of ether oxygens (including phenoxy) is 2. The highest BCUT2D eigenvalue weighted by Gasteiger charge is 2.27. The summed E-state index contributed by atoms with van der Waals surface area (Å²) >= 11 is 0. The fourth-order valence-corrected chi connectivity index (χ4v) is 3.30. The van der Waals surface area contributed by atoms with Crippen molar-refractivity contribution in [2.45, 2.75) is 18.9 Å². The average molecular weight is 379 g/mol. The fraction of sp³-hybridized carbons (Fsp3) is 0.300. The second kappa shape index (κ2) is 8.08. The van der Waals surface area contributed by atoms with E-state index in [1.54, 1.807) is 23.3 Å². The van der Waals surface area contributed by atoms with E-state index in [2.05, 4.69) is 15.1 Å². The molecule has 1 unspecified atom stereocenters. The molecular weight excluding hydrogens is 358 g/mol. The minimum atomic E-state index is -0.155. The van der Waals surface area contributed by atoms with Crippen LogP contribution in [0.15, 0.2) is 55.1 Å². The van der Waals surface area contributed by atoms with Crippen LogP contribution in [-0.2, 0) is 0 Å². The summed E-state index contributed by atoms with van der Waals surface area (Å²) in [7, 11) is 1.53. The van der Waals surface area contributed by atoms with E-state index < -0.39 is 0 Å². The van der Waals surface area contributed by atoms with E-state index in [4.69, 9.17) is 9.47 Å². The molecule has 1 saturated heterocycles. The Labute approximate surface area is 162 Å². The molecule has 1 amide bonds. The van der Waals surface area contributed by atoms with Gasteiger partial charge < -0.3 is 14.4 Å². The van der Waals surface area contributed by atoms with E-state index in [0.717, 1.165) is 18.5 Å². The predicted molar refractivity (Wildman–Crippen MR) is 102 cm³/mol. The van der Waals surface area contributed by atoms with Crippen LogP contribution in [0.3, 0.4) is 0 Å². The van der Waals surface area contributed by atoms with Crippen molar-refractivity contribution in [3.8, 4) is 17.4 Å². The molecule has 1 aromatic carbocycles. The third-order valence-electron chi connectivity index (χ3n) is 4.63. The van der Waals surface area contributed by atoms with E-state index >= 15 is 0 Å². The number of hydrogen-bond acceptors (Lipinski definition) is 6. The Hall–Kier alpha value is -3.42. The summed E-state index contributed by atoms with van der Waals surface area (Å²) < 4.78 is 12.9. The number of nitrogens with zero attached hydrogens (tertiary/aromatic N) is 5. The Bertz CT molecular complexity index is 945. The van der Waals surface area contributed by atoms with Gasteiger partial charge in [-0.05, 0) is 37.1 Å². The number of piperidine rings is 1. The van der Waals surface area contributed by atoms with Crippen molar-refractivity contribution >= 4 is 5.91 Å².